The fraction of sp³-hybridized carbons (Fsp3) is 1.00. The van der Waals surface area contributed by atoms with E-state index in [4.69, 9.17) is 11.5 Å². The molecule has 50 valence electrons. The van der Waals surface area contributed by atoms with E-state index in [1.807, 2.05) is 0 Å². The summed E-state index contributed by atoms with van der Waals surface area (Å²) in [6.07, 6.45) is -2.50. The van der Waals surface area contributed by atoms with E-state index in [2.05, 4.69) is 0 Å². The summed E-state index contributed by atoms with van der Waals surface area (Å²) in [5.41, 5.74) is 9.92. The van der Waals surface area contributed by atoms with Crippen LogP contribution in [0.2, 0.25) is 0 Å². The molecule has 0 bridgehead atoms. The Labute approximate surface area is 46.8 Å². The van der Waals surface area contributed by atoms with Gasteiger partial charge in [0.1, 0.15) is 0 Å². The first-order chi connectivity index (χ1) is 3.55. The molecule has 0 saturated heterocycles. The maximum Gasteiger partial charge on any atom is 0.254 e. The highest BCUT2D eigenvalue weighted by molar-refractivity contribution is 4.72. The first-order valence-electron chi connectivity index (χ1n) is 2.35. The molecule has 4 N–H and O–H groups in total. The number of rotatable bonds is 2. The Morgan fingerprint density at radius 2 is 1.62 bits per heavy atom. The lowest BCUT2D eigenvalue weighted by molar-refractivity contribution is 0.107. The van der Waals surface area contributed by atoms with Gasteiger partial charge in [-0.25, -0.2) is 8.78 Å². The second-order valence-corrected chi connectivity index (χ2v) is 1.77. The molecule has 0 saturated carbocycles. The van der Waals surface area contributed by atoms with Crippen LogP contribution in [0.1, 0.15) is 6.92 Å². The summed E-state index contributed by atoms with van der Waals surface area (Å²) in [5, 5.41) is 0. The summed E-state index contributed by atoms with van der Waals surface area (Å²) in [4.78, 5) is 0. The van der Waals surface area contributed by atoms with Gasteiger partial charge >= 0.3 is 0 Å². The lowest BCUT2D eigenvalue weighted by atomic mass is 10.2. The number of alkyl halides is 2. The van der Waals surface area contributed by atoms with Crippen molar-refractivity contribution in [1.29, 1.82) is 0 Å². The molecule has 0 fully saturated rings. The SMILES string of the molecule is C[C@@H](N)[C@H](N)C(F)F. The van der Waals surface area contributed by atoms with Crippen LogP contribution in [0.4, 0.5) is 8.78 Å². The summed E-state index contributed by atoms with van der Waals surface area (Å²) in [6.45, 7) is 1.46. The van der Waals surface area contributed by atoms with Crippen LogP contribution < -0.4 is 11.5 Å². The zero-order valence-corrected chi connectivity index (χ0v) is 4.64. The zero-order valence-electron chi connectivity index (χ0n) is 4.64. The van der Waals surface area contributed by atoms with Crippen molar-refractivity contribution in [1.82, 2.24) is 0 Å². The van der Waals surface area contributed by atoms with Crippen LogP contribution in [-0.2, 0) is 0 Å². The topological polar surface area (TPSA) is 52.0 Å². The number of nitrogens with two attached hydrogens (primary N) is 2. The van der Waals surface area contributed by atoms with Gasteiger partial charge in [-0.15, -0.1) is 0 Å². The van der Waals surface area contributed by atoms with Gasteiger partial charge in [-0.1, -0.05) is 0 Å². The van der Waals surface area contributed by atoms with Crippen LogP contribution >= 0.6 is 0 Å². The number of halogens is 2. The number of hydrogen-bond acceptors (Lipinski definition) is 2. The van der Waals surface area contributed by atoms with E-state index in [9.17, 15) is 8.78 Å². The van der Waals surface area contributed by atoms with Crippen molar-refractivity contribution >= 4 is 0 Å². The molecule has 0 radical (unpaired) electrons. The highest BCUT2D eigenvalue weighted by Gasteiger charge is 2.18. The average Bonchev–Trinajstić information content (AvgIpc) is 1.64. The second kappa shape index (κ2) is 2.94. The molecular weight excluding hydrogens is 114 g/mol. The van der Waals surface area contributed by atoms with Gasteiger partial charge in [-0.3, -0.25) is 0 Å². The Bertz CT molecular complexity index is 57.1. The molecule has 0 unspecified atom stereocenters. The van der Waals surface area contributed by atoms with Gasteiger partial charge < -0.3 is 11.5 Å². The zero-order chi connectivity index (χ0) is 6.73. The fourth-order valence-corrected chi connectivity index (χ4v) is 0.229. The second-order valence-electron chi connectivity index (χ2n) is 1.77. The molecule has 0 aromatic rings. The minimum Gasteiger partial charge on any atom is -0.326 e. The molecule has 8 heavy (non-hydrogen) atoms. The fourth-order valence-electron chi connectivity index (χ4n) is 0.229. The number of hydrogen-bond donors (Lipinski definition) is 2. The first-order valence-corrected chi connectivity index (χ1v) is 2.35. The van der Waals surface area contributed by atoms with Crippen LogP contribution in [-0.4, -0.2) is 18.5 Å². The molecule has 0 aliphatic carbocycles. The largest absolute Gasteiger partial charge is 0.326 e. The maximum atomic E-state index is 11.5. The van der Waals surface area contributed by atoms with E-state index in [0.29, 0.717) is 0 Å². The van der Waals surface area contributed by atoms with E-state index in [0.717, 1.165) is 0 Å². The molecule has 4 heteroatoms. The Morgan fingerprint density at radius 1 is 1.25 bits per heavy atom. The van der Waals surface area contributed by atoms with Crippen molar-refractivity contribution < 1.29 is 8.78 Å². The predicted molar refractivity (Wildman–Crippen MR) is 27.6 cm³/mol. The third-order valence-electron chi connectivity index (χ3n) is 0.898. The van der Waals surface area contributed by atoms with E-state index in [1.54, 1.807) is 0 Å². The summed E-state index contributed by atoms with van der Waals surface area (Å²) in [5.74, 6) is 0. The van der Waals surface area contributed by atoms with E-state index >= 15 is 0 Å². The van der Waals surface area contributed by atoms with Crippen molar-refractivity contribution in [2.75, 3.05) is 0 Å². The standard InChI is InChI=1S/C4H10F2N2/c1-2(7)3(8)4(5)6/h2-4H,7-8H2,1H3/t2-,3+/m1/s1. The summed E-state index contributed by atoms with van der Waals surface area (Å²) >= 11 is 0. The van der Waals surface area contributed by atoms with Crippen LogP contribution in [0.5, 0.6) is 0 Å². The average molecular weight is 124 g/mol. The van der Waals surface area contributed by atoms with Crippen molar-refractivity contribution in [3.63, 3.8) is 0 Å². The molecule has 0 spiro atoms. The molecule has 2 nitrogen and oxygen atoms in total. The molecule has 2 atom stereocenters. The summed E-state index contributed by atoms with van der Waals surface area (Å²) in [7, 11) is 0. The lowest BCUT2D eigenvalue weighted by Crippen LogP contribution is -2.44. The Morgan fingerprint density at radius 3 is 1.62 bits per heavy atom. The van der Waals surface area contributed by atoms with Gasteiger partial charge in [-0.05, 0) is 6.92 Å². The van der Waals surface area contributed by atoms with Crippen molar-refractivity contribution in [3.8, 4) is 0 Å². The van der Waals surface area contributed by atoms with E-state index in [-0.39, 0.29) is 0 Å². The maximum absolute atomic E-state index is 11.5. The van der Waals surface area contributed by atoms with Gasteiger partial charge in [-0.2, -0.15) is 0 Å². The third kappa shape index (κ3) is 2.18. The molecule has 0 aromatic heterocycles. The van der Waals surface area contributed by atoms with Gasteiger partial charge in [0.25, 0.3) is 6.43 Å². The van der Waals surface area contributed by atoms with Crippen LogP contribution in [0.3, 0.4) is 0 Å². The van der Waals surface area contributed by atoms with Crippen molar-refractivity contribution in [2.24, 2.45) is 11.5 Å². The predicted octanol–water partition coefficient (Wildman–Crippen LogP) is -0.0740. The van der Waals surface area contributed by atoms with E-state index < -0.39 is 18.5 Å². The quantitative estimate of drug-likeness (QED) is 0.541. The molecule has 0 rings (SSSR count). The minimum absolute atomic E-state index is 0.630. The molecular formula is C4H10F2N2. The molecule has 0 aliphatic heterocycles. The summed E-state index contributed by atoms with van der Waals surface area (Å²) < 4.78 is 22.9. The van der Waals surface area contributed by atoms with E-state index in [1.165, 1.54) is 6.92 Å². The Balaban J connectivity index is 3.46. The van der Waals surface area contributed by atoms with Crippen LogP contribution in [0.15, 0.2) is 0 Å². The van der Waals surface area contributed by atoms with Gasteiger partial charge in [0.05, 0.1) is 6.04 Å². The third-order valence-corrected chi connectivity index (χ3v) is 0.898. The van der Waals surface area contributed by atoms with Crippen LogP contribution in [0.25, 0.3) is 0 Å². The van der Waals surface area contributed by atoms with Gasteiger partial charge in [0.15, 0.2) is 0 Å². The highest BCUT2D eigenvalue weighted by Crippen LogP contribution is 1.99. The normalized spacial score (nSPS) is 18.8. The van der Waals surface area contributed by atoms with Crippen molar-refractivity contribution in [3.05, 3.63) is 0 Å². The van der Waals surface area contributed by atoms with Gasteiger partial charge in [0.2, 0.25) is 0 Å². The highest BCUT2D eigenvalue weighted by atomic mass is 19.3. The first kappa shape index (κ1) is 7.78. The minimum atomic E-state index is -2.50. The van der Waals surface area contributed by atoms with Crippen LogP contribution in [0, 0.1) is 0 Å². The molecule has 0 amide bonds. The monoisotopic (exact) mass is 124 g/mol. The molecule has 0 aromatic carbocycles. The Kier molecular flexibility index (Phi) is 2.86. The van der Waals surface area contributed by atoms with Crippen molar-refractivity contribution in [2.45, 2.75) is 25.4 Å². The van der Waals surface area contributed by atoms with Gasteiger partial charge in [0, 0.05) is 6.04 Å². The molecule has 0 aliphatic rings. The lowest BCUT2D eigenvalue weighted by Gasteiger charge is -2.12. The Hall–Kier alpha value is -0.220. The summed E-state index contributed by atoms with van der Waals surface area (Å²) in [6, 6.07) is -1.81. The smallest absolute Gasteiger partial charge is 0.254 e. The molecule has 0 heterocycles.